The first kappa shape index (κ1) is 15.6. The van der Waals surface area contributed by atoms with Gasteiger partial charge in [0.2, 0.25) is 0 Å². The van der Waals surface area contributed by atoms with Gasteiger partial charge in [0.15, 0.2) is 17.7 Å². The van der Waals surface area contributed by atoms with Crippen LogP contribution in [-0.4, -0.2) is 21.5 Å². The van der Waals surface area contributed by atoms with Crippen molar-refractivity contribution in [2.24, 2.45) is 0 Å². The summed E-state index contributed by atoms with van der Waals surface area (Å²) in [7, 11) is 0. The van der Waals surface area contributed by atoms with Crippen LogP contribution in [0.4, 0.5) is 5.69 Å². The molecule has 3 aromatic rings. The molecule has 128 valence electrons. The molecule has 0 bridgehead atoms. The van der Waals surface area contributed by atoms with Gasteiger partial charge in [-0.3, -0.25) is 0 Å². The normalized spacial score (nSPS) is 15.2. The molecule has 0 saturated carbocycles. The lowest BCUT2D eigenvalue weighted by Crippen LogP contribution is -2.26. The number of phenols is 1. The van der Waals surface area contributed by atoms with E-state index in [-0.39, 0.29) is 11.9 Å². The van der Waals surface area contributed by atoms with E-state index in [0.29, 0.717) is 12.4 Å². The van der Waals surface area contributed by atoms with E-state index < -0.39 is 0 Å². The molecule has 1 aliphatic heterocycles. The number of nitrogens with one attached hydrogen (secondary N) is 1. The van der Waals surface area contributed by atoms with Crippen molar-refractivity contribution in [1.29, 1.82) is 0 Å². The third kappa shape index (κ3) is 2.43. The quantitative estimate of drug-likeness (QED) is 0.751. The summed E-state index contributed by atoms with van der Waals surface area (Å²) in [6, 6.07) is 13.9. The van der Waals surface area contributed by atoms with E-state index in [2.05, 4.69) is 41.6 Å². The van der Waals surface area contributed by atoms with E-state index in [9.17, 15) is 5.11 Å². The van der Waals surface area contributed by atoms with Crippen molar-refractivity contribution in [3.8, 4) is 22.8 Å². The van der Waals surface area contributed by atoms with Crippen LogP contribution in [0.3, 0.4) is 0 Å². The van der Waals surface area contributed by atoms with Crippen molar-refractivity contribution in [2.45, 2.75) is 26.9 Å². The zero-order chi connectivity index (χ0) is 17.6. The molecule has 2 heterocycles. The Balaban J connectivity index is 1.90. The summed E-state index contributed by atoms with van der Waals surface area (Å²) in [5.74, 6) is 0.640. The number of aromatic nitrogens is 2. The molecule has 0 fully saturated rings. The number of anilines is 1. The summed E-state index contributed by atoms with van der Waals surface area (Å²) in [5.41, 5.74) is 6.08. The largest absolute Gasteiger partial charge is 0.504 e. The number of nitrogens with zero attached hydrogens (tertiary/aromatic N) is 2. The number of fused-ring (bicyclic) bond motifs is 3. The predicted molar refractivity (Wildman–Crippen MR) is 98.2 cm³/mol. The first-order valence-electron chi connectivity index (χ1n) is 8.47. The molecule has 0 radical (unpaired) electrons. The third-order valence-corrected chi connectivity index (χ3v) is 4.56. The van der Waals surface area contributed by atoms with Gasteiger partial charge < -0.3 is 15.2 Å². The molecular formula is C20H21N3O2. The minimum Gasteiger partial charge on any atom is -0.504 e. The van der Waals surface area contributed by atoms with Crippen LogP contribution in [0.15, 0.2) is 42.5 Å². The second-order valence-electron chi connectivity index (χ2n) is 6.29. The van der Waals surface area contributed by atoms with E-state index in [1.54, 1.807) is 6.07 Å². The van der Waals surface area contributed by atoms with Gasteiger partial charge in [0, 0.05) is 16.8 Å². The molecule has 0 spiro atoms. The van der Waals surface area contributed by atoms with Gasteiger partial charge in [0.1, 0.15) is 0 Å². The summed E-state index contributed by atoms with van der Waals surface area (Å²) in [4.78, 5) is 0. The van der Waals surface area contributed by atoms with Crippen molar-refractivity contribution < 1.29 is 9.84 Å². The number of aryl methyl sites for hydroxylation is 2. The van der Waals surface area contributed by atoms with Gasteiger partial charge in [-0.1, -0.05) is 30.3 Å². The lowest BCUT2D eigenvalue weighted by Gasteiger charge is -2.31. The number of phenolic OH excluding ortho intramolecular Hbond substituents is 1. The molecular weight excluding hydrogens is 314 g/mol. The molecule has 5 nitrogen and oxygen atoms in total. The van der Waals surface area contributed by atoms with Crippen molar-refractivity contribution >= 4 is 5.69 Å². The predicted octanol–water partition coefficient (Wildman–Crippen LogP) is 4.24. The van der Waals surface area contributed by atoms with Crippen LogP contribution in [0.1, 0.15) is 29.9 Å². The van der Waals surface area contributed by atoms with Gasteiger partial charge in [-0.05, 0) is 38.5 Å². The number of para-hydroxylation sites is 2. The molecule has 2 aromatic carbocycles. The highest BCUT2D eigenvalue weighted by Gasteiger charge is 2.29. The maximum absolute atomic E-state index is 10.7. The molecule has 1 aromatic heterocycles. The molecule has 0 saturated heterocycles. The number of aromatic hydroxyl groups is 1. The highest BCUT2D eigenvalue weighted by atomic mass is 16.5. The van der Waals surface area contributed by atoms with Gasteiger partial charge in [-0.25, -0.2) is 4.68 Å². The zero-order valence-electron chi connectivity index (χ0n) is 14.6. The molecule has 5 heteroatoms. The summed E-state index contributed by atoms with van der Waals surface area (Å²) in [5, 5.41) is 18.9. The first-order valence-corrected chi connectivity index (χ1v) is 8.47. The van der Waals surface area contributed by atoms with Crippen molar-refractivity contribution in [1.82, 2.24) is 9.78 Å². The lowest BCUT2D eigenvalue weighted by atomic mass is 10.00. The second kappa shape index (κ2) is 5.84. The number of benzene rings is 2. The van der Waals surface area contributed by atoms with Crippen LogP contribution in [0, 0.1) is 13.8 Å². The highest BCUT2D eigenvalue weighted by molar-refractivity contribution is 5.81. The van der Waals surface area contributed by atoms with Crippen molar-refractivity contribution in [2.75, 3.05) is 11.9 Å². The third-order valence-electron chi connectivity index (χ3n) is 4.56. The van der Waals surface area contributed by atoms with Crippen LogP contribution in [0.25, 0.3) is 11.3 Å². The summed E-state index contributed by atoms with van der Waals surface area (Å²) < 4.78 is 7.48. The Bertz CT molecular complexity index is 946. The zero-order valence-corrected chi connectivity index (χ0v) is 14.6. The number of hydrogen-bond acceptors (Lipinski definition) is 4. The Morgan fingerprint density at radius 1 is 1.20 bits per heavy atom. The van der Waals surface area contributed by atoms with Gasteiger partial charge in [0.25, 0.3) is 0 Å². The Morgan fingerprint density at radius 3 is 2.80 bits per heavy atom. The fraction of sp³-hybridized carbons (Fsp3) is 0.250. The topological polar surface area (TPSA) is 59.3 Å². The molecule has 1 atom stereocenters. The maximum atomic E-state index is 10.7. The van der Waals surface area contributed by atoms with E-state index in [1.807, 2.05) is 30.7 Å². The van der Waals surface area contributed by atoms with Crippen LogP contribution in [0.2, 0.25) is 0 Å². The summed E-state index contributed by atoms with van der Waals surface area (Å²) in [6.07, 6.45) is -0.294. The molecule has 0 aliphatic carbocycles. The number of ether oxygens (including phenoxy) is 1. The smallest absolute Gasteiger partial charge is 0.165 e. The standard InChI is InChI=1S/C20H21N3O2/c1-4-25-17-10-6-9-15(19(17)24)20-21-18-12(2)7-5-8-14(18)16-11-13(3)22-23(16)20/h5-11,20-21,24H,4H2,1-3H3/t20-/m1/s1. The van der Waals surface area contributed by atoms with Crippen LogP contribution < -0.4 is 10.1 Å². The van der Waals surface area contributed by atoms with Crippen molar-refractivity contribution in [3.05, 3.63) is 59.3 Å². The minimum atomic E-state index is -0.294. The Kier molecular flexibility index (Phi) is 3.64. The average molecular weight is 335 g/mol. The van der Waals surface area contributed by atoms with Crippen LogP contribution >= 0.6 is 0 Å². The maximum Gasteiger partial charge on any atom is 0.165 e. The minimum absolute atomic E-state index is 0.151. The van der Waals surface area contributed by atoms with E-state index in [1.165, 1.54) is 0 Å². The van der Waals surface area contributed by atoms with E-state index in [4.69, 9.17) is 4.74 Å². The fourth-order valence-electron chi connectivity index (χ4n) is 3.43. The molecule has 4 rings (SSSR count). The molecule has 25 heavy (non-hydrogen) atoms. The number of rotatable bonds is 3. The Hall–Kier alpha value is -2.95. The second-order valence-corrected chi connectivity index (χ2v) is 6.29. The molecule has 0 unspecified atom stereocenters. The first-order chi connectivity index (χ1) is 12.1. The number of hydrogen-bond donors (Lipinski definition) is 2. The fourth-order valence-corrected chi connectivity index (χ4v) is 3.43. The SMILES string of the molecule is CCOc1cccc([C@@H]2Nc3c(C)cccc3-c3cc(C)nn32)c1O. The van der Waals surface area contributed by atoms with Gasteiger partial charge in [-0.15, -0.1) is 0 Å². The Morgan fingerprint density at radius 2 is 2.00 bits per heavy atom. The highest BCUT2D eigenvalue weighted by Crippen LogP contribution is 2.43. The van der Waals surface area contributed by atoms with Gasteiger partial charge in [0.05, 0.1) is 18.0 Å². The van der Waals surface area contributed by atoms with E-state index >= 15 is 0 Å². The van der Waals surface area contributed by atoms with E-state index in [0.717, 1.165) is 33.8 Å². The molecule has 0 amide bonds. The van der Waals surface area contributed by atoms with Gasteiger partial charge >= 0.3 is 0 Å². The molecule has 2 N–H and O–H groups in total. The summed E-state index contributed by atoms with van der Waals surface area (Å²) >= 11 is 0. The summed E-state index contributed by atoms with van der Waals surface area (Å²) in [6.45, 7) is 6.47. The van der Waals surface area contributed by atoms with Crippen molar-refractivity contribution in [3.63, 3.8) is 0 Å². The monoisotopic (exact) mass is 335 g/mol. The molecule has 1 aliphatic rings. The average Bonchev–Trinajstić information content (AvgIpc) is 2.99. The van der Waals surface area contributed by atoms with Gasteiger partial charge in [-0.2, -0.15) is 5.10 Å². The Labute approximate surface area is 146 Å². The lowest BCUT2D eigenvalue weighted by molar-refractivity contribution is 0.315. The van der Waals surface area contributed by atoms with Crippen LogP contribution in [0.5, 0.6) is 11.5 Å². The van der Waals surface area contributed by atoms with Crippen LogP contribution in [-0.2, 0) is 0 Å².